The Hall–Kier alpha value is -2.74. The Balaban J connectivity index is 2.20. The lowest BCUT2D eigenvalue weighted by molar-refractivity contribution is -0.286. The maximum atomic E-state index is 13.5. The number of halogens is 3. The van der Waals surface area contributed by atoms with Crippen LogP contribution in [0.5, 0.6) is 11.5 Å². The number of methoxy groups -OCH3 is 1. The maximum absolute atomic E-state index is 13.5. The van der Waals surface area contributed by atoms with Crippen LogP contribution in [-0.4, -0.2) is 30.1 Å². The molecule has 0 amide bonds. The van der Waals surface area contributed by atoms with Crippen molar-refractivity contribution in [1.29, 1.82) is 0 Å². The first kappa shape index (κ1) is 18.1. The van der Waals surface area contributed by atoms with E-state index >= 15 is 0 Å². The van der Waals surface area contributed by atoms with Gasteiger partial charge in [0.25, 0.3) is 0 Å². The zero-order chi connectivity index (χ0) is 19.1. The van der Waals surface area contributed by atoms with Gasteiger partial charge in [0.05, 0.1) is 23.4 Å². The highest BCUT2D eigenvalue weighted by atomic mass is 35.5. The summed E-state index contributed by atoms with van der Waals surface area (Å²) in [6, 6.07) is 5.19. The number of Topliss-reactive ketones (excluding diaryl/α,β-unsaturated/α-hetero) is 1. The number of hydrogen-bond acceptors (Lipinski definition) is 6. The molecule has 2 heterocycles. The number of alkyl halides is 2. The van der Waals surface area contributed by atoms with E-state index in [-0.39, 0.29) is 51.2 Å². The Kier molecular flexibility index (Phi) is 4.53. The number of rotatable bonds is 4. The summed E-state index contributed by atoms with van der Waals surface area (Å²) in [4.78, 5) is 28.0. The predicted molar refractivity (Wildman–Crippen MR) is 86.8 cm³/mol. The van der Waals surface area contributed by atoms with Gasteiger partial charge < -0.3 is 14.2 Å². The molecule has 6 nitrogen and oxygen atoms in total. The topological polar surface area (TPSA) is 74.7 Å². The molecule has 0 N–H and O–H groups in total. The third kappa shape index (κ3) is 3.20. The first-order chi connectivity index (χ1) is 12.3. The van der Waals surface area contributed by atoms with Crippen molar-refractivity contribution < 1.29 is 32.6 Å². The maximum Gasteiger partial charge on any atom is 0.586 e. The van der Waals surface area contributed by atoms with Gasteiger partial charge in [0.2, 0.25) is 0 Å². The fraction of sp³-hybridized carbons (Fsp3) is 0.235. The Bertz CT molecular complexity index is 916. The van der Waals surface area contributed by atoms with E-state index in [9.17, 15) is 18.4 Å². The van der Waals surface area contributed by atoms with Crippen molar-refractivity contribution in [2.24, 2.45) is 0 Å². The highest BCUT2D eigenvalue weighted by molar-refractivity contribution is 6.33. The molecule has 26 heavy (non-hydrogen) atoms. The van der Waals surface area contributed by atoms with E-state index < -0.39 is 12.3 Å². The van der Waals surface area contributed by atoms with E-state index in [0.29, 0.717) is 0 Å². The number of fused-ring (bicyclic) bond motifs is 1. The van der Waals surface area contributed by atoms with Gasteiger partial charge in [-0.05, 0) is 24.3 Å². The molecule has 1 aliphatic rings. The first-order valence-corrected chi connectivity index (χ1v) is 7.86. The average molecular weight is 384 g/mol. The van der Waals surface area contributed by atoms with Crippen molar-refractivity contribution in [1.82, 2.24) is 4.98 Å². The van der Waals surface area contributed by atoms with Gasteiger partial charge in [-0.3, -0.25) is 4.79 Å². The molecule has 136 valence electrons. The summed E-state index contributed by atoms with van der Waals surface area (Å²) >= 11 is 5.99. The molecule has 0 spiro atoms. The van der Waals surface area contributed by atoms with E-state index in [1.54, 1.807) is 6.92 Å². The van der Waals surface area contributed by atoms with Gasteiger partial charge in [-0.15, -0.1) is 8.78 Å². The van der Waals surface area contributed by atoms with E-state index in [0.717, 1.165) is 13.2 Å². The molecule has 0 saturated heterocycles. The number of pyridine rings is 1. The second-order valence-electron chi connectivity index (χ2n) is 5.31. The first-order valence-electron chi connectivity index (χ1n) is 7.48. The summed E-state index contributed by atoms with van der Waals surface area (Å²) in [5, 5.41) is 0.129. The van der Waals surface area contributed by atoms with Gasteiger partial charge >= 0.3 is 12.3 Å². The quantitative estimate of drug-likeness (QED) is 0.584. The molecule has 3 rings (SSSR count). The Labute approximate surface area is 151 Å². The molecule has 9 heteroatoms. The average Bonchev–Trinajstić information content (AvgIpc) is 2.93. The van der Waals surface area contributed by atoms with Gasteiger partial charge in [0, 0.05) is 12.0 Å². The van der Waals surface area contributed by atoms with Crippen LogP contribution in [0.1, 0.15) is 34.2 Å². The van der Waals surface area contributed by atoms with Crippen LogP contribution in [0, 0.1) is 0 Å². The molecule has 0 fully saturated rings. The number of nitrogens with zero attached hydrogens (tertiary/aromatic N) is 1. The molecule has 0 unspecified atom stereocenters. The van der Waals surface area contributed by atoms with Crippen LogP contribution in [0.3, 0.4) is 0 Å². The normalized spacial score (nSPS) is 14.2. The second-order valence-corrected chi connectivity index (χ2v) is 5.72. The SMILES string of the molecule is CCC(=O)c1nc(-c2cc(C(=O)OC)cc3c2OC(F)(F)O3)ccc1Cl. The monoisotopic (exact) mass is 383 g/mol. The van der Waals surface area contributed by atoms with E-state index in [1.165, 1.54) is 18.2 Å². The third-order valence-electron chi connectivity index (χ3n) is 3.63. The van der Waals surface area contributed by atoms with Gasteiger partial charge in [0.15, 0.2) is 17.3 Å². The van der Waals surface area contributed by atoms with Crippen LogP contribution >= 0.6 is 11.6 Å². The molecule has 1 aromatic carbocycles. The summed E-state index contributed by atoms with van der Waals surface area (Å²) in [5.74, 6) is -1.72. The van der Waals surface area contributed by atoms with Gasteiger partial charge in [-0.25, -0.2) is 9.78 Å². The fourth-order valence-electron chi connectivity index (χ4n) is 2.43. The van der Waals surface area contributed by atoms with Crippen LogP contribution in [0.4, 0.5) is 8.78 Å². The molecule has 0 atom stereocenters. The largest absolute Gasteiger partial charge is 0.586 e. The summed E-state index contributed by atoms with van der Waals surface area (Å²) in [6.45, 7) is 1.64. The zero-order valence-electron chi connectivity index (χ0n) is 13.6. The summed E-state index contributed by atoms with van der Waals surface area (Å²) in [7, 11) is 1.15. The lowest BCUT2D eigenvalue weighted by Crippen LogP contribution is -2.26. The smallest absolute Gasteiger partial charge is 0.465 e. The fourth-order valence-corrected chi connectivity index (χ4v) is 2.64. The van der Waals surface area contributed by atoms with E-state index in [4.69, 9.17) is 11.6 Å². The van der Waals surface area contributed by atoms with Crippen LogP contribution in [-0.2, 0) is 4.74 Å². The molecule has 0 bridgehead atoms. The van der Waals surface area contributed by atoms with Crippen LogP contribution in [0.2, 0.25) is 5.02 Å². The molecule has 0 radical (unpaired) electrons. The molecular weight excluding hydrogens is 372 g/mol. The minimum absolute atomic E-state index is 0.00503. The summed E-state index contributed by atoms with van der Waals surface area (Å²) in [5.41, 5.74) is 0.119. The van der Waals surface area contributed by atoms with Crippen molar-refractivity contribution in [3.8, 4) is 22.8 Å². The highest BCUT2D eigenvalue weighted by Gasteiger charge is 2.45. The van der Waals surface area contributed by atoms with Crippen molar-refractivity contribution in [2.45, 2.75) is 19.6 Å². The van der Waals surface area contributed by atoms with Crippen LogP contribution in [0.15, 0.2) is 24.3 Å². The standard InChI is InChI=1S/C17H12ClF2NO5/c1-3-12(22)14-10(18)4-5-11(21-14)9-6-8(16(23)24-2)7-13-15(9)26-17(19,20)25-13/h4-7H,3H2,1-2H3. The summed E-state index contributed by atoms with van der Waals surface area (Å²) in [6.07, 6.45) is -3.73. The van der Waals surface area contributed by atoms with Crippen molar-refractivity contribution in [3.63, 3.8) is 0 Å². The Morgan fingerprint density at radius 3 is 2.65 bits per heavy atom. The Morgan fingerprint density at radius 2 is 2.00 bits per heavy atom. The van der Waals surface area contributed by atoms with Crippen LogP contribution < -0.4 is 9.47 Å². The third-order valence-corrected chi connectivity index (χ3v) is 3.94. The van der Waals surface area contributed by atoms with Gasteiger partial charge in [0.1, 0.15) is 5.69 Å². The molecule has 1 aliphatic heterocycles. The minimum atomic E-state index is -3.89. The molecule has 0 saturated carbocycles. The second kappa shape index (κ2) is 6.53. The number of esters is 1. The lowest BCUT2D eigenvalue weighted by Gasteiger charge is -2.10. The van der Waals surface area contributed by atoms with Crippen molar-refractivity contribution in [3.05, 3.63) is 40.5 Å². The molecular formula is C17H12ClF2NO5. The number of benzene rings is 1. The number of carbonyl (C=O) groups excluding carboxylic acids is 2. The van der Waals surface area contributed by atoms with Gasteiger partial charge in [-0.1, -0.05) is 18.5 Å². The predicted octanol–water partition coefficient (Wildman–Crippen LogP) is 4.10. The van der Waals surface area contributed by atoms with Crippen LogP contribution in [0.25, 0.3) is 11.3 Å². The molecule has 2 aromatic rings. The summed E-state index contributed by atoms with van der Waals surface area (Å²) < 4.78 is 40.6. The lowest BCUT2D eigenvalue weighted by atomic mass is 10.0. The number of ketones is 1. The zero-order valence-corrected chi connectivity index (χ0v) is 14.4. The van der Waals surface area contributed by atoms with Crippen molar-refractivity contribution >= 4 is 23.4 Å². The number of hydrogen-bond donors (Lipinski definition) is 0. The number of aromatic nitrogens is 1. The van der Waals surface area contributed by atoms with E-state index in [2.05, 4.69) is 19.2 Å². The molecule has 1 aromatic heterocycles. The Morgan fingerprint density at radius 1 is 1.27 bits per heavy atom. The molecule has 0 aliphatic carbocycles. The number of carbonyl (C=O) groups is 2. The van der Waals surface area contributed by atoms with E-state index in [1.807, 2.05) is 0 Å². The highest BCUT2D eigenvalue weighted by Crippen LogP contribution is 2.47. The van der Waals surface area contributed by atoms with Gasteiger partial charge in [-0.2, -0.15) is 0 Å². The minimum Gasteiger partial charge on any atom is -0.465 e. The number of ether oxygens (including phenoxy) is 3. The van der Waals surface area contributed by atoms with Crippen molar-refractivity contribution in [2.75, 3.05) is 7.11 Å².